The first-order valence-corrected chi connectivity index (χ1v) is 12.1. The minimum Gasteiger partial charge on any atom is -0.352 e. The van der Waals surface area contributed by atoms with Crippen molar-refractivity contribution in [3.05, 3.63) is 35.4 Å². The Morgan fingerprint density at radius 1 is 1.13 bits per heavy atom. The maximum Gasteiger partial charge on any atom is 0.416 e. The molecule has 0 aromatic heterocycles. The van der Waals surface area contributed by atoms with Crippen LogP contribution in [0.5, 0.6) is 0 Å². The molecule has 10 heteroatoms. The molecule has 0 spiro atoms. The zero-order chi connectivity index (χ0) is 21.9. The Hall–Kier alpha value is -1.32. The zero-order valence-corrected chi connectivity index (χ0v) is 18.1. The number of amides is 1. The van der Waals surface area contributed by atoms with Crippen LogP contribution < -0.4 is 5.32 Å². The van der Waals surface area contributed by atoms with Gasteiger partial charge in [0.2, 0.25) is 15.9 Å². The number of carbonyl (C=O) groups excluding carboxylic acids is 1. The van der Waals surface area contributed by atoms with Crippen molar-refractivity contribution in [3.8, 4) is 0 Å². The van der Waals surface area contributed by atoms with E-state index in [4.69, 9.17) is 11.6 Å². The summed E-state index contributed by atoms with van der Waals surface area (Å²) in [5, 5.41) is 2.09. The van der Waals surface area contributed by atoms with Gasteiger partial charge < -0.3 is 5.32 Å². The summed E-state index contributed by atoms with van der Waals surface area (Å²) in [5.41, 5.74) is -0.801. The maximum absolute atomic E-state index is 13.1. The van der Waals surface area contributed by atoms with Gasteiger partial charge in [-0.05, 0) is 50.2 Å². The lowest BCUT2D eigenvalue weighted by Crippen LogP contribution is -2.48. The third-order valence-corrected chi connectivity index (χ3v) is 8.72. The minimum absolute atomic E-state index is 0.0101. The molecule has 30 heavy (non-hydrogen) atoms. The predicted octanol–water partition coefficient (Wildman–Crippen LogP) is 3.91. The van der Waals surface area contributed by atoms with Crippen LogP contribution in [0.25, 0.3) is 0 Å². The molecule has 1 aliphatic carbocycles. The van der Waals surface area contributed by atoms with E-state index in [-0.39, 0.29) is 24.0 Å². The molecule has 0 bridgehead atoms. The molecule has 1 N–H and O–H groups in total. The number of benzene rings is 1. The van der Waals surface area contributed by atoms with Crippen molar-refractivity contribution < 1.29 is 26.4 Å². The number of sulfonamides is 1. The highest BCUT2D eigenvalue weighted by atomic mass is 35.5. The van der Waals surface area contributed by atoms with Crippen LogP contribution in [0.2, 0.25) is 0 Å². The summed E-state index contributed by atoms with van der Waals surface area (Å²) >= 11 is 6.08. The lowest BCUT2D eigenvalue weighted by molar-refractivity contribution is -0.138. The number of carbonyl (C=O) groups is 1. The molecule has 1 saturated heterocycles. The zero-order valence-electron chi connectivity index (χ0n) is 16.5. The van der Waals surface area contributed by atoms with Crippen LogP contribution in [-0.4, -0.2) is 42.3 Å². The summed E-state index contributed by atoms with van der Waals surface area (Å²) in [6, 6.07) is 5.09. The molecule has 1 aliphatic heterocycles. The fraction of sp³-hybridized carbons (Fsp3) is 0.650. The number of nitrogens with one attached hydrogen (secondary N) is 1. The number of piperidine rings is 1. The fourth-order valence-corrected chi connectivity index (χ4v) is 6.51. The van der Waals surface area contributed by atoms with E-state index in [2.05, 4.69) is 5.32 Å². The minimum atomic E-state index is -4.50. The van der Waals surface area contributed by atoms with Gasteiger partial charge in [-0.15, -0.1) is 11.6 Å². The van der Waals surface area contributed by atoms with E-state index < -0.39 is 38.8 Å². The summed E-state index contributed by atoms with van der Waals surface area (Å²) in [6.07, 6.45) is -1.12. The molecular formula is C20H26ClF3N2O3S. The van der Waals surface area contributed by atoms with Crippen LogP contribution in [0.4, 0.5) is 13.2 Å². The van der Waals surface area contributed by atoms with Crippen LogP contribution in [0.15, 0.2) is 24.3 Å². The average molecular weight is 467 g/mol. The molecule has 3 rings (SSSR count). The highest BCUT2D eigenvalue weighted by Crippen LogP contribution is 2.33. The Kier molecular flexibility index (Phi) is 7.35. The molecule has 2 fully saturated rings. The molecular weight excluding hydrogens is 441 g/mol. The number of hydrogen-bond acceptors (Lipinski definition) is 3. The third-order valence-electron chi connectivity index (χ3n) is 5.92. The van der Waals surface area contributed by atoms with Crippen LogP contribution in [0.1, 0.15) is 49.7 Å². The first-order valence-electron chi connectivity index (χ1n) is 10.1. The molecule has 1 atom stereocenters. The molecule has 1 heterocycles. The van der Waals surface area contributed by atoms with E-state index in [9.17, 15) is 26.4 Å². The SMILES string of the molecule is O=C(NCc1ccccc1C(F)(F)F)C1CCCN(S(=O)(=O)C2CCC(Cl)CC2)C1. The highest BCUT2D eigenvalue weighted by molar-refractivity contribution is 7.89. The van der Waals surface area contributed by atoms with Crippen molar-refractivity contribution in [1.29, 1.82) is 0 Å². The predicted molar refractivity (Wildman–Crippen MR) is 108 cm³/mol. The van der Waals surface area contributed by atoms with Gasteiger partial charge in [0, 0.05) is 25.0 Å². The summed E-state index contributed by atoms with van der Waals surface area (Å²) in [4.78, 5) is 12.6. The second-order valence-electron chi connectivity index (χ2n) is 7.99. The Morgan fingerprint density at radius 3 is 2.47 bits per heavy atom. The van der Waals surface area contributed by atoms with E-state index >= 15 is 0 Å². The molecule has 2 aliphatic rings. The topological polar surface area (TPSA) is 66.5 Å². The van der Waals surface area contributed by atoms with Gasteiger partial charge in [0.05, 0.1) is 16.7 Å². The molecule has 1 saturated carbocycles. The number of rotatable bonds is 5. The molecule has 0 radical (unpaired) electrons. The van der Waals surface area contributed by atoms with Gasteiger partial charge in [0.15, 0.2) is 0 Å². The normalized spacial score (nSPS) is 26.3. The number of hydrogen-bond donors (Lipinski definition) is 1. The number of halogens is 4. The Morgan fingerprint density at radius 2 is 1.80 bits per heavy atom. The molecule has 168 valence electrons. The summed E-state index contributed by atoms with van der Waals surface area (Å²) < 4.78 is 66.7. The quantitative estimate of drug-likeness (QED) is 0.669. The maximum atomic E-state index is 13.1. The standard InChI is InChI=1S/C20H26ClF3N2O3S/c21-16-7-9-17(10-8-16)30(28,29)26-11-3-5-15(13-26)19(27)25-12-14-4-1-2-6-18(14)20(22,23)24/h1-2,4,6,15-17H,3,5,7-13H2,(H,25,27). The van der Waals surface area contributed by atoms with Crippen LogP contribution in [0.3, 0.4) is 0 Å². The van der Waals surface area contributed by atoms with Gasteiger partial charge in [0.1, 0.15) is 0 Å². The number of alkyl halides is 4. The largest absolute Gasteiger partial charge is 0.416 e. The van der Waals surface area contributed by atoms with Gasteiger partial charge in [-0.1, -0.05) is 18.2 Å². The summed E-state index contributed by atoms with van der Waals surface area (Å²) in [6.45, 7) is 0.178. The Labute approximate surface area is 180 Å². The van der Waals surface area contributed by atoms with Crippen molar-refractivity contribution in [2.45, 2.75) is 61.9 Å². The molecule has 1 aromatic rings. The Bertz CT molecular complexity index is 855. The van der Waals surface area contributed by atoms with Gasteiger partial charge in [-0.3, -0.25) is 4.79 Å². The van der Waals surface area contributed by atoms with Gasteiger partial charge in [-0.25, -0.2) is 12.7 Å². The highest BCUT2D eigenvalue weighted by Gasteiger charge is 2.39. The second kappa shape index (κ2) is 9.44. The third kappa shape index (κ3) is 5.48. The van der Waals surface area contributed by atoms with Crippen molar-refractivity contribution in [3.63, 3.8) is 0 Å². The second-order valence-corrected chi connectivity index (χ2v) is 10.8. The molecule has 1 aromatic carbocycles. The smallest absolute Gasteiger partial charge is 0.352 e. The number of nitrogens with zero attached hydrogens (tertiary/aromatic N) is 1. The van der Waals surface area contributed by atoms with Crippen molar-refractivity contribution in [2.24, 2.45) is 5.92 Å². The van der Waals surface area contributed by atoms with E-state index in [0.29, 0.717) is 45.1 Å². The van der Waals surface area contributed by atoms with Crippen molar-refractivity contribution in [2.75, 3.05) is 13.1 Å². The van der Waals surface area contributed by atoms with E-state index in [1.165, 1.54) is 22.5 Å². The lowest BCUT2D eigenvalue weighted by Gasteiger charge is -2.35. The summed E-state index contributed by atoms with van der Waals surface area (Å²) in [7, 11) is -3.52. The van der Waals surface area contributed by atoms with Crippen LogP contribution in [0, 0.1) is 5.92 Å². The van der Waals surface area contributed by atoms with E-state index in [0.717, 1.165) is 6.07 Å². The van der Waals surface area contributed by atoms with E-state index in [1.807, 2.05) is 0 Å². The van der Waals surface area contributed by atoms with Crippen LogP contribution >= 0.6 is 11.6 Å². The summed E-state index contributed by atoms with van der Waals surface area (Å²) in [5.74, 6) is -0.993. The average Bonchev–Trinajstić information content (AvgIpc) is 2.72. The van der Waals surface area contributed by atoms with Crippen molar-refractivity contribution in [1.82, 2.24) is 9.62 Å². The Balaban J connectivity index is 1.61. The molecule has 1 unspecified atom stereocenters. The van der Waals surface area contributed by atoms with E-state index in [1.54, 1.807) is 0 Å². The molecule has 1 amide bonds. The van der Waals surface area contributed by atoms with Crippen LogP contribution in [-0.2, 0) is 27.5 Å². The monoisotopic (exact) mass is 466 g/mol. The lowest BCUT2D eigenvalue weighted by atomic mass is 9.98. The first kappa shape index (κ1) is 23.3. The van der Waals surface area contributed by atoms with Gasteiger partial charge in [0.25, 0.3) is 0 Å². The first-order chi connectivity index (χ1) is 14.1. The van der Waals surface area contributed by atoms with Crippen molar-refractivity contribution >= 4 is 27.5 Å². The molecule has 5 nitrogen and oxygen atoms in total. The van der Waals surface area contributed by atoms with Gasteiger partial charge in [-0.2, -0.15) is 13.2 Å². The van der Waals surface area contributed by atoms with Gasteiger partial charge >= 0.3 is 6.18 Å². The fourth-order valence-electron chi connectivity index (χ4n) is 4.20.